The zero-order valence-electron chi connectivity index (χ0n) is 27.2. The van der Waals surface area contributed by atoms with E-state index >= 15 is 0 Å². The van der Waals surface area contributed by atoms with Crippen molar-refractivity contribution in [3.05, 3.63) is 125 Å². The maximum Gasteiger partial charge on any atom is 0.416 e. The van der Waals surface area contributed by atoms with E-state index in [4.69, 9.17) is 5.73 Å². The zero-order chi connectivity index (χ0) is 35.0. The molecule has 0 unspecified atom stereocenters. The van der Waals surface area contributed by atoms with Gasteiger partial charge in [-0.2, -0.15) is 18.1 Å². The smallest absolute Gasteiger partial charge is 0.404 e. The molecular formula is C37H40F3N6O3+. The molecule has 2 aliphatic heterocycles. The summed E-state index contributed by atoms with van der Waals surface area (Å²) >= 11 is 0. The number of nitrogens with one attached hydrogen (secondary N) is 3. The Morgan fingerprint density at radius 2 is 1.73 bits per heavy atom. The molecule has 2 fully saturated rings. The fourth-order valence-corrected chi connectivity index (χ4v) is 6.18. The molecule has 49 heavy (non-hydrogen) atoms. The van der Waals surface area contributed by atoms with Crippen LogP contribution in [0.4, 0.5) is 18.9 Å². The van der Waals surface area contributed by atoms with E-state index in [1.165, 1.54) is 17.2 Å². The first kappa shape index (κ1) is 35.1. The zero-order valence-corrected chi connectivity index (χ0v) is 27.2. The van der Waals surface area contributed by atoms with Gasteiger partial charge in [0.2, 0.25) is 5.91 Å². The van der Waals surface area contributed by atoms with Crippen molar-refractivity contribution >= 4 is 29.2 Å². The van der Waals surface area contributed by atoms with E-state index in [1.807, 2.05) is 59.5 Å². The van der Waals surface area contributed by atoms with Gasteiger partial charge in [-0.1, -0.05) is 54.6 Å². The number of nitrogens with zero attached hydrogens (tertiary/aromatic N) is 2. The number of carbonyl (C=O) groups excluding carboxylic acids is 3. The Bertz CT molecular complexity index is 1750. The van der Waals surface area contributed by atoms with E-state index in [2.05, 4.69) is 15.6 Å². The predicted octanol–water partition coefficient (Wildman–Crippen LogP) is 3.37. The van der Waals surface area contributed by atoms with Crippen molar-refractivity contribution in [1.82, 2.24) is 20.4 Å². The molecule has 0 bridgehead atoms. The lowest BCUT2D eigenvalue weighted by Crippen LogP contribution is -2.75. The Morgan fingerprint density at radius 3 is 2.43 bits per heavy atom. The number of carbonyl (C=O) groups is 3. The number of amides is 3. The molecule has 0 radical (unpaired) electrons. The van der Waals surface area contributed by atoms with Gasteiger partial charge in [0.15, 0.2) is 0 Å². The quantitative estimate of drug-likeness (QED) is 0.194. The van der Waals surface area contributed by atoms with Crippen molar-refractivity contribution in [3.63, 3.8) is 0 Å². The topological polar surface area (TPSA) is 122 Å². The Kier molecular flexibility index (Phi) is 11.3. The molecule has 256 valence electrons. The van der Waals surface area contributed by atoms with Gasteiger partial charge in [0.25, 0.3) is 11.7 Å². The second-order valence-corrected chi connectivity index (χ2v) is 11.9. The highest BCUT2D eigenvalue weighted by Gasteiger charge is 2.49. The van der Waals surface area contributed by atoms with Crippen LogP contribution in [-0.4, -0.2) is 65.6 Å². The number of benzene rings is 3. The summed E-state index contributed by atoms with van der Waals surface area (Å²) in [6.45, 7) is 4.47. The molecule has 2 atom stereocenters. The third-order valence-electron chi connectivity index (χ3n) is 8.59. The van der Waals surface area contributed by atoms with Crippen LogP contribution in [0.5, 0.6) is 0 Å². The predicted molar refractivity (Wildman–Crippen MR) is 180 cm³/mol. The molecule has 12 heteroatoms. The number of likely N-dealkylation sites (tertiary alicyclic amines) is 2. The molecule has 9 nitrogen and oxygen atoms in total. The average molecular weight is 674 g/mol. The number of hydrogen-bond acceptors (Lipinski definition) is 5. The maximum atomic E-state index is 14.2. The molecule has 3 aromatic carbocycles. The molecule has 5 rings (SSSR count). The minimum absolute atomic E-state index is 0.000115. The number of nitrogens with two attached hydrogens (primary N) is 1. The number of para-hydroxylation sites is 1. The lowest BCUT2D eigenvalue weighted by atomic mass is 9.79. The summed E-state index contributed by atoms with van der Waals surface area (Å²) in [6, 6.07) is 19.6. The second-order valence-electron chi connectivity index (χ2n) is 11.9. The average Bonchev–Trinajstić information content (AvgIpc) is 3.65. The van der Waals surface area contributed by atoms with Crippen molar-refractivity contribution in [2.24, 2.45) is 5.73 Å². The number of likely N-dealkylation sites (N-methyl/N-ethyl adjacent to an activating group) is 1. The monoisotopic (exact) mass is 673 g/mol. The van der Waals surface area contributed by atoms with Crippen LogP contribution in [0.15, 0.2) is 103 Å². The highest BCUT2D eigenvalue weighted by molar-refractivity contribution is 6.12. The van der Waals surface area contributed by atoms with Crippen LogP contribution in [0.3, 0.4) is 0 Å². The molecule has 0 aromatic heterocycles. The molecule has 0 aliphatic carbocycles. The Hall–Kier alpha value is -5.23. The first-order chi connectivity index (χ1) is 23.6. The third-order valence-corrected chi connectivity index (χ3v) is 8.59. The molecule has 0 saturated carbocycles. The van der Waals surface area contributed by atoms with E-state index in [-0.39, 0.29) is 18.0 Å². The van der Waals surface area contributed by atoms with Crippen LogP contribution in [0.2, 0.25) is 0 Å². The largest absolute Gasteiger partial charge is 0.416 e. The molecular weight excluding hydrogens is 633 g/mol. The van der Waals surface area contributed by atoms with Crippen molar-refractivity contribution in [3.8, 4) is 0 Å². The maximum absolute atomic E-state index is 14.2. The minimum atomic E-state index is -4.64. The number of alkyl halides is 3. The Balaban J connectivity index is 1.45. The molecule has 3 amide bonds. The molecule has 2 saturated heterocycles. The van der Waals surface area contributed by atoms with Crippen LogP contribution in [0, 0.1) is 0 Å². The summed E-state index contributed by atoms with van der Waals surface area (Å²) in [5.74, 6) is -1.63. The summed E-state index contributed by atoms with van der Waals surface area (Å²) in [6.07, 6.45) is 2.16. The van der Waals surface area contributed by atoms with E-state index in [0.717, 1.165) is 49.7 Å². The van der Waals surface area contributed by atoms with E-state index in [0.29, 0.717) is 35.7 Å². The molecule has 5 N–H and O–H groups in total. The van der Waals surface area contributed by atoms with Gasteiger partial charge in [0.1, 0.15) is 11.7 Å². The molecule has 0 spiro atoms. The van der Waals surface area contributed by atoms with Crippen LogP contribution >= 0.6 is 0 Å². The van der Waals surface area contributed by atoms with E-state index in [1.54, 1.807) is 19.1 Å². The fraction of sp³-hybridized carbons (Fsp3) is 0.297. The first-order valence-corrected chi connectivity index (χ1v) is 16.3. The van der Waals surface area contributed by atoms with Gasteiger partial charge in [0, 0.05) is 44.0 Å². The van der Waals surface area contributed by atoms with Crippen LogP contribution in [0.25, 0.3) is 0 Å². The summed E-state index contributed by atoms with van der Waals surface area (Å²) in [5.41, 5.74) is 7.86. The highest BCUT2D eigenvalue weighted by atomic mass is 19.4. The summed E-state index contributed by atoms with van der Waals surface area (Å²) in [7, 11) is 0. The third kappa shape index (κ3) is 8.44. The van der Waals surface area contributed by atoms with Crippen molar-refractivity contribution in [1.29, 1.82) is 0 Å². The normalized spacial score (nSPS) is 20.0. The van der Waals surface area contributed by atoms with Gasteiger partial charge < -0.3 is 21.3 Å². The van der Waals surface area contributed by atoms with Gasteiger partial charge in [-0.15, -0.1) is 0 Å². The second kappa shape index (κ2) is 15.8. The van der Waals surface area contributed by atoms with Gasteiger partial charge >= 0.3 is 12.1 Å². The summed E-state index contributed by atoms with van der Waals surface area (Å²) in [4.78, 5) is 46.7. The Labute approximate surface area is 283 Å². The summed E-state index contributed by atoms with van der Waals surface area (Å²) in [5, 5.41) is 6.04. The number of rotatable bonds is 10. The summed E-state index contributed by atoms with van der Waals surface area (Å²) < 4.78 is 40.4. The molecule has 3 aromatic rings. The van der Waals surface area contributed by atoms with Crippen LogP contribution < -0.4 is 21.4 Å². The Morgan fingerprint density at radius 1 is 1.00 bits per heavy atom. The number of halogens is 3. The van der Waals surface area contributed by atoms with Gasteiger partial charge in [-0.05, 0) is 61.2 Å². The van der Waals surface area contributed by atoms with Crippen molar-refractivity contribution in [2.45, 2.75) is 44.4 Å². The first-order valence-electron chi connectivity index (χ1n) is 16.3. The number of hydrogen-bond donors (Lipinski definition) is 4. The lowest BCUT2D eigenvalue weighted by molar-refractivity contribution is -0.360. The molecule has 2 aliphatic rings. The highest BCUT2D eigenvalue weighted by Crippen LogP contribution is 2.35. The number of piperidine rings is 1. The van der Waals surface area contributed by atoms with Crippen LogP contribution in [0.1, 0.15) is 52.7 Å². The lowest BCUT2D eigenvalue weighted by Gasteiger charge is -2.36. The van der Waals surface area contributed by atoms with Gasteiger partial charge in [-0.25, -0.2) is 9.79 Å². The van der Waals surface area contributed by atoms with E-state index in [9.17, 15) is 27.6 Å². The minimum Gasteiger partial charge on any atom is -0.404 e. The van der Waals surface area contributed by atoms with E-state index < -0.39 is 35.5 Å². The SMILES string of the molecule is CCN1C(=O)[C@@H](NC(=O)c2cccc(C(F)(F)F)c2)[C@H](c2cccc(CNC/C=C/C(=O)N3CCCC3)c2)/C(=C/N)C1=[NH+]c1ccccc1. The standard InChI is InChI=1S/C37H39F3N6O3/c1-2-46-34(43-29-15-4-3-5-16-29)30(23-41)32(33(36(46)49)44-35(48)27-13-9-14-28(22-27)37(38,39)40)26-12-8-11-25(21-26)24-42-18-10-17-31(47)45-19-6-7-20-45/h3-5,8-17,21-23,32-33,42H,2,6-7,18-20,24,41H2,1H3,(H,44,48)/p+1/b17-10+,30-23-,43-34?/t32-,33+/m1/s1. The molecule has 2 heterocycles. The van der Waals surface area contributed by atoms with Gasteiger partial charge in [-0.3, -0.25) is 9.59 Å². The number of amidine groups is 1. The van der Waals surface area contributed by atoms with Crippen molar-refractivity contribution in [2.75, 3.05) is 26.2 Å². The fourth-order valence-electron chi connectivity index (χ4n) is 6.18. The van der Waals surface area contributed by atoms with Crippen LogP contribution in [-0.2, 0) is 22.3 Å². The van der Waals surface area contributed by atoms with Crippen molar-refractivity contribution < 1.29 is 32.5 Å². The van der Waals surface area contributed by atoms with Gasteiger partial charge in [0.05, 0.1) is 23.6 Å².